The molecule has 8 N–H and O–H groups in total. The second kappa shape index (κ2) is 12.3. The van der Waals surface area contributed by atoms with Crippen molar-refractivity contribution in [3.8, 4) is 0 Å². The fraction of sp³-hybridized carbons (Fsp3) is 0.750. The van der Waals surface area contributed by atoms with Crippen LogP contribution in [0.15, 0.2) is 0 Å². The first kappa shape index (κ1) is 27.3. The van der Waals surface area contributed by atoms with Crippen LogP contribution >= 0.6 is 0 Å². The summed E-state index contributed by atoms with van der Waals surface area (Å²) in [4.78, 5) is 62.1. The normalized spacial score (nSPS) is 20.5. The fourth-order valence-corrected chi connectivity index (χ4v) is 3.45. The van der Waals surface area contributed by atoms with Crippen LogP contribution in [0.25, 0.3) is 0 Å². The average molecular weight is 458 g/mol. The van der Waals surface area contributed by atoms with E-state index in [0.717, 1.165) is 0 Å². The van der Waals surface area contributed by atoms with Gasteiger partial charge < -0.3 is 37.2 Å². The van der Waals surface area contributed by atoms with E-state index in [0.29, 0.717) is 19.3 Å². The number of carbonyl (C=O) groups is 5. The number of nitrogens with zero attached hydrogens (tertiary/aromatic N) is 1. The SMILES string of the molecule is CCC(C)C(NC(=O)C(N)C(C)O)C(=O)N1CCCC1C(=O)NC(CCC(N)=O)C(=O)O. The smallest absolute Gasteiger partial charge is 0.326 e. The number of aliphatic carboxylic acids is 1. The number of aliphatic hydroxyl groups excluding tert-OH is 1. The topological polar surface area (TPSA) is 205 Å². The molecule has 0 saturated carbocycles. The Morgan fingerprint density at radius 2 is 1.78 bits per heavy atom. The lowest BCUT2D eigenvalue weighted by Crippen LogP contribution is -2.59. The number of carbonyl (C=O) groups excluding carboxylic acids is 4. The van der Waals surface area contributed by atoms with Crippen molar-refractivity contribution in [3.05, 3.63) is 0 Å². The molecule has 0 aliphatic carbocycles. The Hall–Kier alpha value is -2.73. The molecular weight excluding hydrogens is 422 g/mol. The highest BCUT2D eigenvalue weighted by atomic mass is 16.4. The van der Waals surface area contributed by atoms with Crippen LogP contribution in [0, 0.1) is 5.92 Å². The second-order valence-corrected chi connectivity index (χ2v) is 8.23. The van der Waals surface area contributed by atoms with Crippen molar-refractivity contribution >= 4 is 29.6 Å². The molecule has 0 aromatic heterocycles. The standard InChI is InChI=1S/C20H35N5O7/c1-4-10(2)16(24-18(29)15(22)11(3)26)19(30)25-9-5-6-13(25)17(28)23-12(20(31)32)7-8-14(21)27/h10-13,15-16,26H,4-9,22H2,1-3H3,(H2,21,27)(H,23,28)(H,24,29)(H,31,32). The van der Waals surface area contributed by atoms with Gasteiger partial charge in [-0.05, 0) is 32.1 Å². The first-order chi connectivity index (χ1) is 14.9. The van der Waals surface area contributed by atoms with Gasteiger partial charge >= 0.3 is 5.97 Å². The van der Waals surface area contributed by atoms with Gasteiger partial charge in [-0.15, -0.1) is 0 Å². The largest absolute Gasteiger partial charge is 0.480 e. The lowest BCUT2D eigenvalue weighted by Gasteiger charge is -2.32. The number of hydrogen-bond acceptors (Lipinski definition) is 7. The molecule has 12 heteroatoms. The number of nitrogens with one attached hydrogen (secondary N) is 2. The van der Waals surface area contributed by atoms with Gasteiger partial charge in [-0.1, -0.05) is 20.3 Å². The molecule has 32 heavy (non-hydrogen) atoms. The highest BCUT2D eigenvalue weighted by Crippen LogP contribution is 2.22. The number of carboxylic acid groups (broad SMARTS) is 1. The first-order valence-electron chi connectivity index (χ1n) is 10.8. The number of carboxylic acids is 1. The molecule has 182 valence electrons. The van der Waals surface area contributed by atoms with Gasteiger partial charge in [0.25, 0.3) is 0 Å². The monoisotopic (exact) mass is 457 g/mol. The second-order valence-electron chi connectivity index (χ2n) is 8.23. The zero-order chi connectivity index (χ0) is 24.6. The molecule has 1 saturated heterocycles. The third-order valence-electron chi connectivity index (χ3n) is 5.73. The number of hydrogen-bond donors (Lipinski definition) is 6. The van der Waals surface area contributed by atoms with Gasteiger partial charge in [-0.3, -0.25) is 19.2 Å². The van der Waals surface area contributed by atoms with E-state index in [1.807, 2.05) is 6.92 Å². The third-order valence-corrected chi connectivity index (χ3v) is 5.73. The van der Waals surface area contributed by atoms with Gasteiger partial charge in [0, 0.05) is 13.0 Å². The molecule has 6 unspecified atom stereocenters. The molecule has 0 bridgehead atoms. The predicted octanol–water partition coefficient (Wildman–Crippen LogP) is -1.95. The number of likely N-dealkylation sites (tertiary alicyclic amines) is 1. The van der Waals surface area contributed by atoms with E-state index in [1.54, 1.807) is 6.92 Å². The lowest BCUT2D eigenvalue weighted by molar-refractivity contribution is -0.145. The summed E-state index contributed by atoms with van der Waals surface area (Å²) in [5, 5.41) is 23.8. The molecule has 1 rings (SSSR count). The predicted molar refractivity (Wildman–Crippen MR) is 114 cm³/mol. The van der Waals surface area contributed by atoms with E-state index in [9.17, 15) is 34.2 Å². The molecule has 1 heterocycles. The minimum Gasteiger partial charge on any atom is -0.480 e. The lowest BCUT2D eigenvalue weighted by atomic mass is 9.96. The van der Waals surface area contributed by atoms with Crippen LogP contribution in [-0.4, -0.2) is 81.5 Å². The highest BCUT2D eigenvalue weighted by Gasteiger charge is 2.40. The zero-order valence-corrected chi connectivity index (χ0v) is 18.7. The van der Waals surface area contributed by atoms with E-state index in [1.165, 1.54) is 11.8 Å². The van der Waals surface area contributed by atoms with Crippen molar-refractivity contribution < 1.29 is 34.2 Å². The maximum absolute atomic E-state index is 13.3. The van der Waals surface area contributed by atoms with Crippen LogP contribution < -0.4 is 22.1 Å². The molecule has 0 spiro atoms. The van der Waals surface area contributed by atoms with Crippen LogP contribution in [0.2, 0.25) is 0 Å². The molecule has 0 aromatic carbocycles. The van der Waals surface area contributed by atoms with Crippen molar-refractivity contribution in [1.82, 2.24) is 15.5 Å². The molecule has 1 fully saturated rings. The summed E-state index contributed by atoms with van der Waals surface area (Å²) in [5.41, 5.74) is 10.7. The summed E-state index contributed by atoms with van der Waals surface area (Å²) < 4.78 is 0. The third kappa shape index (κ3) is 7.45. The Kier molecular flexibility index (Phi) is 10.5. The van der Waals surface area contributed by atoms with Gasteiger partial charge in [0.1, 0.15) is 24.2 Å². The summed E-state index contributed by atoms with van der Waals surface area (Å²) in [7, 11) is 0. The van der Waals surface area contributed by atoms with Crippen molar-refractivity contribution in [3.63, 3.8) is 0 Å². The average Bonchev–Trinajstić information content (AvgIpc) is 3.22. The molecule has 1 aliphatic rings. The van der Waals surface area contributed by atoms with E-state index in [4.69, 9.17) is 11.5 Å². The Morgan fingerprint density at radius 1 is 1.16 bits per heavy atom. The van der Waals surface area contributed by atoms with E-state index in [-0.39, 0.29) is 25.3 Å². The summed E-state index contributed by atoms with van der Waals surface area (Å²) >= 11 is 0. The van der Waals surface area contributed by atoms with Crippen molar-refractivity contribution in [2.24, 2.45) is 17.4 Å². The quantitative estimate of drug-likeness (QED) is 0.194. The van der Waals surface area contributed by atoms with Crippen LogP contribution in [-0.2, 0) is 24.0 Å². The van der Waals surface area contributed by atoms with Crippen molar-refractivity contribution in [2.45, 2.75) is 83.1 Å². The maximum Gasteiger partial charge on any atom is 0.326 e. The Balaban J connectivity index is 2.98. The van der Waals surface area contributed by atoms with Crippen molar-refractivity contribution in [1.29, 1.82) is 0 Å². The molecule has 0 aromatic rings. The first-order valence-corrected chi connectivity index (χ1v) is 10.8. The van der Waals surface area contributed by atoms with Gasteiger partial charge in [0.15, 0.2) is 0 Å². The van der Waals surface area contributed by atoms with Crippen molar-refractivity contribution in [2.75, 3.05) is 6.54 Å². The minimum atomic E-state index is -1.32. The Morgan fingerprint density at radius 3 is 2.28 bits per heavy atom. The van der Waals surface area contributed by atoms with Gasteiger partial charge in [-0.25, -0.2) is 4.79 Å². The maximum atomic E-state index is 13.3. The summed E-state index contributed by atoms with van der Waals surface area (Å²) in [5.74, 6) is -4.09. The zero-order valence-electron chi connectivity index (χ0n) is 18.7. The fourth-order valence-electron chi connectivity index (χ4n) is 3.45. The molecule has 0 radical (unpaired) electrons. The highest BCUT2D eigenvalue weighted by molar-refractivity contribution is 5.94. The van der Waals surface area contributed by atoms with E-state index in [2.05, 4.69) is 10.6 Å². The number of amides is 4. The summed E-state index contributed by atoms with van der Waals surface area (Å²) in [6, 6.07) is -4.40. The number of nitrogens with two attached hydrogens (primary N) is 2. The number of rotatable bonds is 12. The molecular formula is C20H35N5O7. The Labute approximate surface area is 187 Å². The number of aliphatic hydroxyl groups is 1. The summed E-state index contributed by atoms with van der Waals surface area (Å²) in [6.07, 6.45) is -0.0812. The van der Waals surface area contributed by atoms with Gasteiger partial charge in [0.2, 0.25) is 23.6 Å². The van der Waals surface area contributed by atoms with Crippen LogP contribution in [0.5, 0.6) is 0 Å². The molecule has 6 atom stereocenters. The van der Waals surface area contributed by atoms with E-state index < -0.39 is 59.9 Å². The van der Waals surface area contributed by atoms with E-state index >= 15 is 0 Å². The van der Waals surface area contributed by atoms with Crippen LogP contribution in [0.3, 0.4) is 0 Å². The Bertz CT molecular complexity index is 714. The molecule has 12 nitrogen and oxygen atoms in total. The number of primary amides is 1. The van der Waals surface area contributed by atoms with Crippen LogP contribution in [0.1, 0.15) is 52.9 Å². The van der Waals surface area contributed by atoms with Crippen LogP contribution in [0.4, 0.5) is 0 Å². The van der Waals surface area contributed by atoms with Gasteiger partial charge in [-0.2, -0.15) is 0 Å². The summed E-state index contributed by atoms with van der Waals surface area (Å²) in [6.45, 7) is 5.24. The molecule has 4 amide bonds. The van der Waals surface area contributed by atoms with Gasteiger partial charge in [0.05, 0.1) is 6.10 Å². The minimum absolute atomic E-state index is 0.167. The molecule has 1 aliphatic heterocycles.